The quantitative estimate of drug-likeness (QED) is 0.644. The molecule has 0 saturated heterocycles. The second kappa shape index (κ2) is 9.88. The van der Waals surface area contributed by atoms with Crippen molar-refractivity contribution >= 4 is 34.4 Å². The highest BCUT2D eigenvalue weighted by Gasteiger charge is 2.20. The molecule has 0 aromatic carbocycles. The molecule has 0 saturated carbocycles. The summed E-state index contributed by atoms with van der Waals surface area (Å²) in [5.74, 6) is 0.269. The molecule has 2 aromatic heterocycles. The third kappa shape index (κ3) is 6.08. The predicted octanol–water partition coefficient (Wildman–Crippen LogP) is 5.52. The zero-order valence-electron chi connectivity index (χ0n) is 15.2. The van der Waals surface area contributed by atoms with E-state index in [2.05, 4.69) is 23.8 Å². The van der Waals surface area contributed by atoms with Gasteiger partial charge < -0.3 is 4.74 Å². The zero-order chi connectivity index (χ0) is 18.2. The molecule has 0 aliphatic heterocycles. The van der Waals surface area contributed by atoms with Gasteiger partial charge in [0, 0.05) is 28.2 Å². The molecule has 1 aliphatic carbocycles. The Bertz CT molecular complexity index is 712. The van der Waals surface area contributed by atoms with Gasteiger partial charge in [0.25, 0.3) is 0 Å². The molecule has 2 aromatic rings. The first kappa shape index (κ1) is 19.9. The summed E-state index contributed by atoms with van der Waals surface area (Å²) < 4.78 is 4.85. The second-order valence-corrected chi connectivity index (χ2v) is 8.20. The lowest BCUT2D eigenvalue weighted by Crippen LogP contribution is -2.08. The smallest absolute Gasteiger partial charge is 0.305 e. The Hall–Kier alpha value is -1.46. The molecular formula is C20H26O3S2. The number of fused-ring (bicyclic) bond motifs is 1. The minimum Gasteiger partial charge on any atom is -0.466 e. The minimum absolute atomic E-state index is 0.0826. The Morgan fingerprint density at radius 3 is 2.64 bits per heavy atom. The highest BCUT2D eigenvalue weighted by atomic mass is 32.1. The van der Waals surface area contributed by atoms with Crippen LogP contribution in [0.25, 0.3) is 0 Å². The molecule has 0 fully saturated rings. The number of carbonyl (C=O) groups excluding carboxylic acids is 2. The van der Waals surface area contributed by atoms with E-state index in [1.165, 1.54) is 20.9 Å². The monoisotopic (exact) mass is 378 g/mol. The van der Waals surface area contributed by atoms with Crippen LogP contribution < -0.4 is 0 Å². The molecule has 0 spiro atoms. The number of ketones is 1. The number of hydrogen-bond acceptors (Lipinski definition) is 5. The Balaban J connectivity index is 0.000000185. The van der Waals surface area contributed by atoms with E-state index >= 15 is 0 Å². The van der Waals surface area contributed by atoms with Gasteiger partial charge in [-0.3, -0.25) is 9.59 Å². The number of hydrogen-bond donors (Lipinski definition) is 0. The summed E-state index contributed by atoms with van der Waals surface area (Å²) in [5.41, 5.74) is 3.51. The van der Waals surface area contributed by atoms with E-state index in [0.29, 0.717) is 18.8 Å². The largest absolute Gasteiger partial charge is 0.466 e. The summed E-state index contributed by atoms with van der Waals surface area (Å²) in [7, 11) is 0. The highest BCUT2D eigenvalue weighted by molar-refractivity contribution is 7.10. The Kier molecular flexibility index (Phi) is 7.85. The molecule has 1 aliphatic rings. The number of rotatable bonds is 5. The Labute approximate surface area is 158 Å². The van der Waals surface area contributed by atoms with Crippen molar-refractivity contribution < 1.29 is 14.3 Å². The van der Waals surface area contributed by atoms with Crippen LogP contribution in [0.5, 0.6) is 0 Å². The van der Waals surface area contributed by atoms with Crippen LogP contribution in [0, 0.1) is 13.8 Å². The van der Waals surface area contributed by atoms with Crippen molar-refractivity contribution in [3.05, 3.63) is 43.3 Å². The van der Waals surface area contributed by atoms with Gasteiger partial charge in [-0.25, -0.2) is 0 Å². The van der Waals surface area contributed by atoms with Crippen molar-refractivity contribution in [1.29, 1.82) is 0 Å². The molecule has 0 N–H and O–H groups in total. The molecule has 136 valence electrons. The maximum atomic E-state index is 11.4. The molecule has 0 amide bonds. The van der Waals surface area contributed by atoms with Gasteiger partial charge in [0.2, 0.25) is 0 Å². The summed E-state index contributed by atoms with van der Waals surface area (Å²) >= 11 is 3.50. The number of carbonyl (C=O) groups is 2. The van der Waals surface area contributed by atoms with E-state index in [9.17, 15) is 9.59 Å². The second-order valence-electron chi connectivity index (χ2n) is 6.24. The van der Waals surface area contributed by atoms with Gasteiger partial charge in [0.05, 0.1) is 6.61 Å². The van der Waals surface area contributed by atoms with Crippen LogP contribution in [0.2, 0.25) is 0 Å². The molecular weight excluding hydrogens is 352 g/mol. The molecule has 0 unspecified atom stereocenters. The van der Waals surface area contributed by atoms with Gasteiger partial charge in [0.1, 0.15) is 0 Å². The molecule has 25 heavy (non-hydrogen) atoms. The number of Topliss-reactive ketones (excluding diaryl/α,β-unsaturated/α-hetero) is 1. The standard InChI is InChI=1S/C11H16O2S.C9H10OS/c1-3-13-11(12)6-4-5-10-7-9(2)8-14-10;1-6-5-11-8-4-2-3-7(10)9(6)8/h7-8H,3-6H2,1-2H3;5H,2-4H2,1H3. The fraction of sp³-hybridized carbons (Fsp3) is 0.500. The number of thiophene rings is 2. The van der Waals surface area contributed by atoms with E-state index in [-0.39, 0.29) is 5.97 Å². The van der Waals surface area contributed by atoms with Gasteiger partial charge in [0.15, 0.2) is 5.78 Å². The molecule has 5 heteroatoms. The third-order valence-electron chi connectivity index (χ3n) is 4.03. The number of ether oxygens (including phenoxy) is 1. The normalized spacial score (nSPS) is 13.0. The topological polar surface area (TPSA) is 43.4 Å². The van der Waals surface area contributed by atoms with Gasteiger partial charge in [-0.15, -0.1) is 22.7 Å². The average Bonchev–Trinajstić information content (AvgIpc) is 3.15. The van der Waals surface area contributed by atoms with Crippen LogP contribution in [-0.2, 0) is 22.4 Å². The van der Waals surface area contributed by atoms with Crippen molar-refractivity contribution in [3.8, 4) is 0 Å². The molecule has 0 atom stereocenters. The molecule has 3 rings (SSSR count). The van der Waals surface area contributed by atoms with E-state index in [0.717, 1.165) is 37.7 Å². The SMILES string of the molecule is CCOC(=O)CCCc1cc(C)cs1.Cc1csc2c1C(=O)CCC2. The lowest BCUT2D eigenvalue weighted by molar-refractivity contribution is -0.143. The fourth-order valence-corrected chi connectivity index (χ4v) is 4.87. The van der Waals surface area contributed by atoms with Gasteiger partial charge in [-0.05, 0) is 74.4 Å². The van der Waals surface area contributed by atoms with E-state index in [4.69, 9.17) is 4.74 Å². The first-order valence-electron chi connectivity index (χ1n) is 8.81. The van der Waals surface area contributed by atoms with Crippen LogP contribution in [0.4, 0.5) is 0 Å². The summed E-state index contributed by atoms with van der Waals surface area (Å²) in [6.07, 6.45) is 5.32. The Morgan fingerprint density at radius 1 is 1.20 bits per heavy atom. The van der Waals surface area contributed by atoms with Crippen LogP contribution in [0.3, 0.4) is 0 Å². The number of aryl methyl sites for hydroxylation is 4. The van der Waals surface area contributed by atoms with Crippen molar-refractivity contribution in [1.82, 2.24) is 0 Å². The van der Waals surface area contributed by atoms with Crippen molar-refractivity contribution in [2.75, 3.05) is 6.61 Å². The highest BCUT2D eigenvalue weighted by Crippen LogP contribution is 2.29. The van der Waals surface area contributed by atoms with E-state index < -0.39 is 0 Å². The van der Waals surface area contributed by atoms with Crippen LogP contribution in [0.15, 0.2) is 16.8 Å². The first-order valence-corrected chi connectivity index (χ1v) is 10.6. The summed E-state index contributed by atoms with van der Waals surface area (Å²) in [6.45, 7) is 6.43. The van der Waals surface area contributed by atoms with Gasteiger partial charge in [-0.2, -0.15) is 0 Å². The van der Waals surface area contributed by atoms with Crippen molar-refractivity contribution in [2.24, 2.45) is 0 Å². The first-order chi connectivity index (χ1) is 12.0. The average molecular weight is 379 g/mol. The van der Waals surface area contributed by atoms with Crippen molar-refractivity contribution in [2.45, 2.75) is 59.3 Å². The van der Waals surface area contributed by atoms with Gasteiger partial charge >= 0.3 is 5.97 Å². The van der Waals surface area contributed by atoms with Crippen LogP contribution in [-0.4, -0.2) is 18.4 Å². The van der Waals surface area contributed by atoms with Crippen molar-refractivity contribution in [3.63, 3.8) is 0 Å². The predicted molar refractivity (Wildman–Crippen MR) is 105 cm³/mol. The lowest BCUT2D eigenvalue weighted by Gasteiger charge is -2.09. The fourth-order valence-electron chi connectivity index (χ4n) is 2.85. The third-order valence-corrected chi connectivity index (χ3v) is 6.31. The lowest BCUT2D eigenvalue weighted by atomic mass is 9.95. The van der Waals surface area contributed by atoms with Crippen LogP contribution in [0.1, 0.15) is 63.8 Å². The maximum Gasteiger partial charge on any atom is 0.305 e. The summed E-state index contributed by atoms with van der Waals surface area (Å²) in [6, 6.07) is 2.18. The van der Waals surface area contributed by atoms with E-state index in [1.807, 2.05) is 13.8 Å². The minimum atomic E-state index is -0.0826. The molecule has 2 heterocycles. The summed E-state index contributed by atoms with van der Waals surface area (Å²) in [4.78, 5) is 25.1. The summed E-state index contributed by atoms with van der Waals surface area (Å²) in [5, 5.41) is 4.23. The molecule has 3 nitrogen and oxygen atoms in total. The zero-order valence-corrected chi connectivity index (χ0v) is 16.9. The maximum absolute atomic E-state index is 11.4. The number of esters is 1. The Morgan fingerprint density at radius 2 is 2.00 bits per heavy atom. The van der Waals surface area contributed by atoms with Gasteiger partial charge in [-0.1, -0.05) is 0 Å². The van der Waals surface area contributed by atoms with E-state index in [1.54, 1.807) is 22.7 Å². The molecule has 0 bridgehead atoms. The van der Waals surface area contributed by atoms with Crippen LogP contribution >= 0.6 is 22.7 Å². The molecule has 0 radical (unpaired) electrons.